The first-order valence-corrected chi connectivity index (χ1v) is 8.93. The van der Waals surface area contributed by atoms with Gasteiger partial charge in [-0.1, -0.05) is 24.6 Å². The van der Waals surface area contributed by atoms with Crippen LogP contribution in [0.2, 0.25) is 0 Å². The lowest BCUT2D eigenvalue weighted by Crippen LogP contribution is -2.38. The summed E-state index contributed by atoms with van der Waals surface area (Å²) in [7, 11) is 0. The van der Waals surface area contributed by atoms with Gasteiger partial charge in [-0.3, -0.25) is 4.98 Å². The van der Waals surface area contributed by atoms with E-state index in [1.54, 1.807) is 6.20 Å². The third-order valence-electron chi connectivity index (χ3n) is 5.03. The summed E-state index contributed by atoms with van der Waals surface area (Å²) in [5.41, 5.74) is 4.48. The smallest absolute Gasteiger partial charge is 0.138 e. The summed E-state index contributed by atoms with van der Waals surface area (Å²) in [6, 6.07) is 11.3. The second kappa shape index (κ2) is 6.73. The number of fused-ring (bicyclic) bond motifs is 1. The first kappa shape index (κ1) is 15.3. The fourth-order valence-electron chi connectivity index (χ4n) is 3.67. The molecule has 4 rings (SSSR count). The van der Waals surface area contributed by atoms with Gasteiger partial charge in [0.05, 0.1) is 17.2 Å². The molecule has 1 aliphatic heterocycles. The summed E-state index contributed by atoms with van der Waals surface area (Å²) in [4.78, 5) is 14.8. The van der Waals surface area contributed by atoms with Crippen molar-refractivity contribution in [2.24, 2.45) is 0 Å². The van der Waals surface area contributed by atoms with Gasteiger partial charge in [0.15, 0.2) is 0 Å². The highest BCUT2D eigenvalue weighted by molar-refractivity contribution is 5.78. The summed E-state index contributed by atoms with van der Waals surface area (Å²) < 4.78 is 0. The van der Waals surface area contributed by atoms with Crippen LogP contribution in [0.15, 0.2) is 42.7 Å². The van der Waals surface area contributed by atoms with Gasteiger partial charge in [-0.2, -0.15) is 0 Å². The molecule has 0 radical (unpaired) electrons. The van der Waals surface area contributed by atoms with Crippen LogP contribution in [-0.2, 0) is 6.42 Å². The van der Waals surface area contributed by atoms with E-state index in [4.69, 9.17) is 0 Å². The van der Waals surface area contributed by atoms with Gasteiger partial charge in [0, 0.05) is 17.8 Å². The molecule has 24 heavy (non-hydrogen) atoms. The normalized spacial score (nSPS) is 17.2. The molecule has 1 unspecified atom stereocenters. The fourth-order valence-corrected chi connectivity index (χ4v) is 3.67. The maximum absolute atomic E-state index is 4.69. The van der Waals surface area contributed by atoms with E-state index in [2.05, 4.69) is 51.0 Å². The Hall–Kier alpha value is -2.20. The number of nitrogens with one attached hydrogen (secondary N) is 1. The van der Waals surface area contributed by atoms with Crippen LogP contribution >= 0.6 is 0 Å². The molecule has 1 aromatic carbocycles. The molecule has 1 fully saturated rings. The lowest BCUT2D eigenvalue weighted by atomic mass is 10.0. The van der Waals surface area contributed by atoms with Crippen LogP contribution in [0, 0.1) is 0 Å². The van der Waals surface area contributed by atoms with Gasteiger partial charge in [-0.25, -0.2) is 4.98 Å². The van der Waals surface area contributed by atoms with Crippen LogP contribution in [0.25, 0.3) is 22.4 Å². The number of aromatic amines is 1. The van der Waals surface area contributed by atoms with Crippen molar-refractivity contribution in [1.29, 1.82) is 0 Å². The minimum atomic E-state index is 0.598. The third kappa shape index (κ3) is 3.20. The molecule has 4 nitrogen and oxygen atoms in total. The van der Waals surface area contributed by atoms with Crippen molar-refractivity contribution in [3.8, 4) is 11.4 Å². The third-order valence-corrected chi connectivity index (χ3v) is 5.03. The number of H-pyrrole nitrogens is 1. The molecule has 3 heterocycles. The van der Waals surface area contributed by atoms with Crippen molar-refractivity contribution < 1.29 is 0 Å². The molecule has 124 valence electrons. The number of nitrogens with zero attached hydrogens (tertiary/aromatic N) is 3. The SMILES string of the molecule is CC(Cc1cccc(-c2nc3ccncc3[nH]2)c1)N1CCCCC1. The molecule has 0 saturated carbocycles. The molecular formula is C20H24N4. The van der Waals surface area contributed by atoms with Crippen molar-refractivity contribution in [3.05, 3.63) is 48.3 Å². The van der Waals surface area contributed by atoms with Gasteiger partial charge in [0.25, 0.3) is 0 Å². The Kier molecular flexibility index (Phi) is 4.30. The van der Waals surface area contributed by atoms with Gasteiger partial charge in [0.1, 0.15) is 5.82 Å². The topological polar surface area (TPSA) is 44.8 Å². The Morgan fingerprint density at radius 2 is 2.04 bits per heavy atom. The fraction of sp³-hybridized carbons (Fsp3) is 0.400. The Morgan fingerprint density at radius 1 is 1.17 bits per heavy atom. The van der Waals surface area contributed by atoms with Crippen LogP contribution in [-0.4, -0.2) is 39.0 Å². The quantitative estimate of drug-likeness (QED) is 0.789. The van der Waals surface area contributed by atoms with E-state index in [9.17, 15) is 0 Å². The van der Waals surface area contributed by atoms with E-state index in [0.29, 0.717) is 6.04 Å². The van der Waals surface area contributed by atoms with Gasteiger partial charge >= 0.3 is 0 Å². The lowest BCUT2D eigenvalue weighted by Gasteiger charge is -2.32. The molecule has 0 aliphatic carbocycles. The van der Waals surface area contributed by atoms with E-state index in [-0.39, 0.29) is 0 Å². The standard InChI is InChI=1S/C20H24N4/c1-15(24-10-3-2-4-11-24)12-16-6-5-7-17(13-16)20-22-18-8-9-21-14-19(18)23-20/h5-9,13-15H,2-4,10-12H2,1H3,(H,22,23). The van der Waals surface area contributed by atoms with Crippen LogP contribution in [0.3, 0.4) is 0 Å². The first-order valence-electron chi connectivity index (χ1n) is 8.93. The Bertz CT molecular complexity index is 784. The molecule has 1 aliphatic rings. The maximum Gasteiger partial charge on any atom is 0.138 e. The summed E-state index contributed by atoms with van der Waals surface area (Å²) in [6.45, 7) is 4.85. The van der Waals surface area contributed by atoms with Crippen molar-refractivity contribution in [3.63, 3.8) is 0 Å². The van der Waals surface area contributed by atoms with Crippen LogP contribution in [0.5, 0.6) is 0 Å². The summed E-state index contributed by atoms with van der Waals surface area (Å²) >= 11 is 0. The number of benzene rings is 1. The predicted molar refractivity (Wildman–Crippen MR) is 97.9 cm³/mol. The zero-order valence-electron chi connectivity index (χ0n) is 14.2. The molecule has 2 aromatic heterocycles. The van der Waals surface area contributed by atoms with Crippen molar-refractivity contribution in [2.75, 3.05) is 13.1 Å². The summed E-state index contributed by atoms with van der Waals surface area (Å²) in [5.74, 6) is 0.922. The molecule has 0 spiro atoms. The Balaban J connectivity index is 1.54. The van der Waals surface area contributed by atoms with Gasteiger partial charge < -0.3 is 9.88 Å². The maximum atomic E-state index is 4.69. The van der Waals surface area contributed by atoms with Crippen LogP contribution in [0.1, 0.15) is 31.7 Å². The second-order valence-electron chi connectivity index (χ2n) is 6.83. The molecule has 0 amide bonds. The van der Waals surface area contributed by atoms with Gasteiger partial charge in [0.2, 0.25) is 0 Å². The Labute approximate surface area is 142 Å². The molecule has 0 bridgehead atoms. The molecule has 1 N–H and O–H groups in total. The number of aromatic nitrogens is 3. The van der Waals surface area contributed by atoms with E-state index in [1.165, 1.54) is 37.9 Å². The van der Waals surface area contributed by atoms with Crippen molar-refractivity contribution in [2.45, 2.75) is 38.6 Å². The zero-order valence-corrected chi connectivity index (χ0v) is 14.2. The van der Waals surface area contributed by atoms with E-state index in [1.807, 2.05) is 12.3 Å². The lowest BCUT2D eigenvalue weighted by molar-refractivity contribution is 0.173. The molecule has 1 atom stereocenters. The Morgan fingerprint density at radius 3 is 2.88 bits per heavy atom. The number of hydrogen-bond acceptors (Lipinski definition) is 3. The van der Waals surface area contributed by atoms with E-state index >= 15 is 0 Å². The van der Waals surface area contributed by atoms with Gasteiger partial charge in [-0.15, -0.1) is 0 Å². The number of piperidine rings is 1. The minimum Gasteiger partial charge on any atom is -0.337 e. The van der Waals surface area contributed by atoms with E-state index in [0.717, 1.165) is 28.8 Å². The highest BCUT2D eigenvalue weighted by Gasteiger charge is 2.17. The average Bonchev–Trinajstić information content (AvgIpc) is 3.07. The second-order valence-corrected chi connectivity index (χ2v) is 6.83. The minimum absolute atomic E-state index is 0.598. The van der Waals surface area contributed by atoms with Gasteiger partial charge in [-0.05, 0) is 57.0 Å². The first-order chi connectivity index (χ1) is 11.8. The number of hydrogen-bond donors (Lipinski definition) is 1. The monoisotopic (exact) mass is 320 g/mol. The van der Waals surface area contributed by atoms with Crippen LogP contribution < -0.4 is 0 Å². The van der Waals surface area contributed by atoms with E-state index < -0.39 is 0 Å². The summed E-state index contributed by atoms with van der Waals surface area (Å²) in [5, 5.41) is 0. The number of pyridine rings is 1. The van der Waals surface area contributed by atoms with Crippen molar-refractivity contribution in [1.82, 2.24) is 19.9 Å². The zero-order chi connectivity index (χ0) is 16.4. The molecule has 3 aromatic rings. The van der Waals surface area contributed by atoms with Crippen molar-refractivity contribution >= 4 is 11.0 Å². The largest absolute Gasteiger partial charge is 0.337 e. The molecule has 4 heteroatoms. The highest BCUT2D eigenvalue weighted by atomic mass is 15.1. The number of likely N-dealkylation sites (tertiary alicyclic amines) is 1. The number of imidazole rings is 1. The highest BCUT2D eigenvalue weighted by Crippen LogP contribution is 2.22. The molecular weight excluding hydrogens is 296 g/mol. The number of rotatable bonds is 4. The predicted octanol–water partition coefficient (Wildman–Crippen LogP) is 4.04. The van der Waals surface area contributed by atoms with Crippen LogP contribution in [0.4, 0.5) is 0 Å². The summed E-state index contributed by atoms with van der Waals surface area (Å²) in [6.07, 6.45) is 8.78. The molecule has 1 saturated heterocycles. The average molecular weight is 320 g/mol.